The number of benzene rings is 1. The molecule has 0 aliphatic heterocycles. The average molecular weight is 412 g/mol. The van der Waals surface area contributed by atoms with E-state index in [4.69, 9.17) is 4.74 Å². The van der Waals surface area contributed by atoms with Crippen LogP contribution in [0, 0.1) is 0 Å². The Morgan fingerprint density at radius 3 is 2.62 bits per heavy atom. The molecule has 0 bridgehead atoms. The summed E-state index contributed by atoms with van der Waals surface area (Å²) in [5.74, 6) is 0.662. The van der Waals surface area contributed by atoms with E-state index in [1.807, 2.05) is 6.92 Å². The van der Waals surface area contributed by atoms with Gasteiger partial charge in [0.25, 0.3) is 5.56 Å². The largest absolute Gasteiger partial charge is 0.497 e. The number of rotatable bonds is 7. The molecule has 9 heteroatoms. The van der Waals surface area contributed by atoms with Crippen molar-refractivity contribution in [2.75, 3.05) is 7.11 Å². The highest BCUT2D eigenvalue weighted by Crippen LogP contribution is 2.18. The smallest absolute Gasteiger partial charge is 0.352 e. The van der Waals surface area contributed by atoms with Crippen LogP contribution in [0.25, 0.3) is 16.0 Å². The SMILES string of the molecule is CCCCn1c(=O)c2sccc2n2c(=O)n(CC(=O)c3ccc(OC)cc3)nc12. The first-order valence-corrected chi connectivity index (χ1v) is 10.2. The summed E-state index contributed by atoms with van der Waals surface area (Å²) < 4.78 is 9.69. The number of hydrogen-bond acceptors (Lipinski definition) is 6. The predicted octanol–water partition coefficient (Wildman–Crippen LogP) is 2.56. The molecular weight excluding hydrogens is 392 g/mol. The van der Waals surface area contributed by atoms with E-state index >= 15 is 0 Å². The van der Waals surface area contributed by atoms with Crippen molar-refractivity contribution in [1.29, 1.82) is 0 Å². The van der Waals surface area contributed by atoms with E-state index in [1.165, 1.54) is 20.3 Å². The van der Waals surface area contributed by atoms with Gasteiger partial charge in [-0.3, -0.25) is 14.2 Å². The van der Waals surface area contributed by atoms with Crippen LogP contribution < -0.4 is 16.0 Å². The first-order valence-electron chi connectivity index (χ1n) is 9.32. The fourth-order valence-electron chi connectivity index (χ4n) is 3.26. The molecule has 29 heavy (non-hydrogen) atoms. The minimum atomic E-state index is -0.435. The van der Waals surface area contributed by atoms with Gasteiger partial charge in [0.1, 0.15) is 17.0 Å². The minimum absolute atomic E-state index is 0.158. The molecule has 1 aromatic carbocycles. The van der Waals surface area contributed by atoms with Crippen LogP contribution in [0.1, 0.15) is 30.1 Å². The summed E-state index contributed by atoms with van der Waals surface area (Å²) in [5.41, 5.74) is 0.389. The Balaban J connectivity index is 1.81. The van der Waals surface area contributed by atoms with Crippen LogP contribution in [0.15, 0.2) is 45.3 Å². The van der Waals surface area contributed by atoms with Crippen molar-refractivity contribution < 1.29 is 9.53 Å². The molecule has 150 valence electrons. The molecule has 3 aromatic heterocycles. The van der Waals surface area contributed by atoms with Gasteiger partial charge in [0.15, 0.2) is 5.78 Å². The summed E-state index contributed by atoms with van der Waals surface area (Å²) in [5, 5.41) is 6.12. The quantitative estimate of drug-likeness (QED) is 0.436. The van der Waals surface area contributed by atoms with Gasteiger partial charge in [0, 0.05) is 12.1 Å². The molecule has 4 aromatic rings. The summed E-state index contributed by atoms with van der Waals surface area (Å²) in [4.78, 5) is 38.6. The van der Waals surface area contributed by atoms with Crippen molar-refractivity contribution in [2.24, 2.45) is 0 Å². The molecule has 0 aliphatic carbocycles. The number of ether oxygens (including phenoxy) is 1. The molecule has 0 aliphatic rings. The Kier molecular flexibility index (Phi) is 5.06. The van der Waals surface area contributed by atoms with Crippen LogP contribution >= 0.6 is 11.3 Å². The summed E-state index contributed by atoms with van der Waals surface area (Å²) in [6.45, 7) is 2.29. The fourth-order valence-corrected chi connectivity index (χ4v) is 4.08. The lowest BCUT2D eigenvalue weighted by atomic mass is 10.1. The van der Waals surface area contributed by atoms with Crippen LogP contribution in [-0.2, 0) is 13.1 Å². The third-order valence-electron chi connectivity index (χ3n) is 4.83. The van der Waals surface area contributed by atoms with Crippen LogP contribution in [0.4, 0.5) is 0 Å². The van der Waals surface area contributed by atoms with E-state index in [2.05, 4.69) is 5.10 Å². The lowest BCUT2D eigenvalue weighted by molar-refractivity contribution is 0.0966. The van der Waals surface area contributed by atoms with Crippen LogP contribution in [0.2, 0.25) is 0 Å². The molecular formula is C20H20N4O4S. The van der Waals surface area contributed by atoms with Crippen molar-refractivity contribution in [3.8, 4) is 5.75 Å². The first kappa shape index (κ1) is 19.1. The van der Waals surface area contributed by atoms with E-state index < -0.39 is 5.69 Å². The van der Waals surface area contributed by atoms with Gasteiger partial charge < -0.3 is 4.74 Å². The summed E-state index contributed by atoms with van der Waals surface area (Å²) in [6, 6.07) is 8.41. The number of aromatic nitrogens is 4. The summed E-state index contributed by atoms with van der Waals surface area (Å²) >= 11 is 1.30. The molecule has 0 saturated heterocycles. The molecule has 0 atom stereocenters. The highest BCUT2D eigenvalue weighted by Gasteiger charge is 2.19. The summed E-state index contributed by atoms with van der Waals surface area (Å²) in [7, 11) is 1.55. The standard InChI is InChI=1S/C20H20N4O4S/c1-3-4-10-22-18(26)17-15(9-11-29-17)24-19(22)21-23(20(24)27)12-16(25)13-5-7-14(28-2)8-6-13/h5-9,11H,3-4,10,12H2,1-2H3. The number of Topliss-reactive ketones (excluding diaryl/α,β-unsaturated/α-hetero) is 1. The van der Waals surface area contributed by atoms with Crippen molar-refractivity contribution >= 4 is 33.1 Å². The molecule has 0 amide bonds. The maximum absolute atomic E-state index is 13.0. The van der Waals surface area contributed by atoms with E-state index in [0.717, 1.165) is 17.5 Å². The maximum atomic E-state index is 13.0. The van der Waals surface area contributed by atoms with Crippen molar-refractivity contribution in [3.05, 3.63) is 62.1 Å². The Hall–Kier alpha value is -3.20. The Bertz CT molecular complexity index is 1310. The average Bonchev–Trinajstić information content (AvgIpc) is 3.33. The number of hydrogen-bond donors (Lipinski definition) is 0. The molecule has 0 fully saturated rings. The zero-order valence-corrected chi connectivity index (χ0v) is 16.9. The third kappa shape index (κ3) is 3.27. The number of unbranched alkanes of at least 4 members (excludes halogenated alkanes) is 1. The molecule has 0 unspecified atom stereocenters. The second kappa shape index (κ2) is 7.67. The van der Waals surface area contributed by atoms with Gasteiger partial charge >= 0.3 is 5.69 Å². The zero-order chi connectivity index (χ0) is 20.5. The van der Waals surface area contributed by atoms with Crippen molar-refractivity contribution in [2.45, 2.75) is 32.9 Å². The highest BCUT2D eigenvalue weighted by atomic mass is 32.1. The molecule has 0 spiro atoms. The first-order chi connectivity index (χ1) is 14.0. The zero-order valence-electron chi connectivity index (χ0n) is 16.1. The van der Waals surface area contributed by atoms with E-state index in [9.17, 15) is 14.4 Å². The molecule has 3 heterocycles. The molecule has 0 radical (unpaired) electrons. The van der Waals surface area contributed by atoms with Crippen molar-refractivity contribution in [3.63, 3.8) is 0 Å². The Morgan fingerprint density at radius 2 is 1.93 bits per heavy atom. The Labute approximate surface area is 169 Å². The molecule has 0 N–H and O–H groups in total. The van der Waals surface area contributed by atoms with Crippen LogP contribution in [-0.4, -0.2) is 31.6 Å². The van der Waals surface area contributed by atoms with Gasteiger partial charge in [0.2, 0.25) is 5.78 Å². The molecule has 4 rings (SSSR count). The number of carbonyl (C=O) groups is 1. The van der Waals surface area contributed by atoms with E-state index in [-0.39, 0.29) is 23.7 Å². The third-order valence-corrected chi connectivity index (χ3v) is 5.72. The van der Waals surface area contributed by atoms with Crippen LogP contribution in [0.5, 0.6) is 5.75 Å². The van der Waals surface area contributed by atoms with Gasteiger partial charge in [0.05, 0.1) is 12.6 Å². The number of thiophene rings is 1. The normalized spacial score (nSPS) is 11.4. The van der Waals surface area contributed by atoms with E-state index in [0.29, 0.717) is 28.1 Å². The number of methoxy groups -OCH3 is 1. The van der Waals surface area contributed by atoms with Gasteiger partial charge in [-0.2, -0.15) is 0 Å². The number of ketones is 1. The number of nitrogens with zero attached hydrogens (tertiary/aromatic N) is 4. The monoisotopic (exact) mass is 412 g/mol. The molecule has 0 saturated carbocycles. The second-order valence-corrected chi connectivity index (χ2v) is 7.59. The summed E-state index contributed by atoms with van der Waals surface area (Å²) in [6.07, 6.45) is 1.69. The van der Waals surface area contributed by atoms with Crippen molar-refractivity contribution in [1.82, 2.24) is 18.7 Å². The van der Waals surface area contributed by atoms with Crippen LogP contribution in [0.3, 0.4) is 0 Å². The number of aryl methyl sites for hydroxylation is 1. The highest BCUT2D eigenvalue weighted by molar-refractivity contribution is 7.17. The maximum Gasteiger partial charge on any atom is 0.352 e. The van der Waals surface area contributed by atoms with E-state index in [1.54, 1.807) is 42.8 Å². The van der Waals surface area contributed by atoms with Gasteiger partial charge in [-0.05, 0) is 42.1 Å². The number of carbonyl (C=O) groups excluding carboxylic acids is 1. The predicted molar refractivity (Wildman–Crippen MR) is 111 cm³/mol. The fraction of sp³-hybridized carbons (Fsp3) is 0.300. The van der Waals surface area contributed by atoms with Gasteiger partial charge in [-0.25, -0.2) is 13.9 Å². The van der Waals surface area contributed by atoms with Gasteiger partial charge in [-0.15, -0.1) is 16.4 Å². The topological polar surface area (TPSA) is 87.6 Å². The molecule has 8 nitrogen and oxygen atoms in total. The Morgan fingerprint density at radius 1 is 1.17 bits per heavy atom. The number of fused-ring (bicyclic) bond motifs is 3. The minimum Gasteiger partial charge on any atom is -0.497 e. The lowest BCUT2D eigenvalue weighted by Crippen LogP contribution is -2.27. The second-order valence-electron chi connectivity index (χ2n) is 6.67. The lowest BCUT2D eigenvalue weighted by Gasteiger charge is -2.06. The van der Waals surface area contributed by atoms with Gasteiger partial charge in [-0.1, -0.05) is 13.3 Å².